The third kappa shape index (κ3) is 34.0. The van der Waals surface area contributed by atoms with Crippen molar-refractivity contribution in [2.45, 2.75) is 0 Å². The quantitative estimate of drug-likeness (QED) is 0.312. The summed E-state index contributed by atoms with van der Waals surface area (Å²) >= 11 is 0. The van der Waals surface area contributed by atoms with E-state index in [-0.39, 0.29) is 80.9 Å². The Labute approximate surface area is 102 Å². The SMILES string of the molecule is O=[Si]([O-])[O-].[K+].[Na+]. The summed E-state index contributed by atoms with van der Waals surface area (Å²) in [6.45, 7) is 0. The molecule has 0 aliphatic rings. The molecule has 0 N–H and O–H groups in total. The summed E-state index contributed by atoms with van der Waals surface area (Å²) in [5.74, 6) is 0. The largest absolute Gasteiger partial charge is 1.00 e. The van der Waals surface area contributed by atoms with Crippen molar-refractivity contribution in [2.75, 3.05) is 0 Å². The van der Waals surface area contributed by atoms with Crippen molar-refractivity contribution < 1.29 is 95.0 Å². The molecule has 0 spiro atoms. The number of hydrogen-bond acceptors (Lipinski definition) is 3. The molecule has 3 nitrogen and oxygen atoms in total. The summed E-state index contributed by atoms with van der Waals surface area (Å²) in [5, 5.41) is 0. The van der Waals surface area contributed by atoms with Crippen LogP contribution >= 0.6 is 0 Å². The van der Waals surface area contributed by atoms with Crippen molar-refractivity contribution in [1.82, 2.24) is 0 Å². The summed E-state index contributed by atoms with van der Waals surface area (Å²) in [5.41, 5.74) is 0. The Kier molecular flexibility index (Phi) is 27.0. The van der Waals surface area contributed by atoms with Gasteiger partial charge in [0.25, 0.3) is 0 Å². The van der Waals surface area contributed by atoms with E-state index in [9.17, 15) is 0 Å². The molecule has 0 radical (unpaired) electrons. The Bertz CT molecular complexity index is 33.8. The monoisotopic (exact) mass is 138 g/mol. The van der Waals surface area contributed by atoms with E-state index < -0.39 is 9.17 Å². The second-order valence-corrected chi connectivity index (χ2v) is 0.750. The van der Waals surface area contributed by atoms with Crippen LogP contribution in [0.25, 0.3) is 0 Å². The molecule has 6 heavy (non-hydrogen) atoms. The van der Waals surface area contributed by atoms with Crippen LogP contribution in [0.1, 0.15) is 0 Å². The molecule has 0 aromatic carbocycles. The van der Waals surface area contributed by atoms with Gasteiger partial charge >= 0.3 is 80.9 Å². The van der Waals surface area contributed by atoms with E-state index in [1.54, 1.807) is 0 Å². The van der Waals surface area contributed by atoms with Gasteiger partial charge in [0.05, 0.1) is 0 Å². The Balaban J connectivity index is -0.0000000450. The standard InChI is InChI=1S/K.Na.O3Si/c;;1-4(2)3/q2*+1;-2. The molecular formula is KNaO3Si. The fourth-order valence-electron chi connectivity index (χ4n) is 0. The molecule has 0 amide bonds. The van der Waals surface area contributed by atoms with Gasteiger partial charge in [0.15, 0.2) is 0 Å². The van der Waals surface area contributed by atoms with Crippen LogP contribution in [0.4, 0.5) is 0 Å². The van der Waals surface area contributed by atoms with Crippen LogP contribution in [0.15, 0.2) is 0 Å². The first-order valence-corrected chi connectivity index (χ1v) is 1.84. The van der Waals surface area contributed by atoms with Crippen LogP contribution in [0.3, 0.4) is 0 Å². The molecular weight excluding hydrogens is 138 g/mol. The third-order valence-electron chi connectivity index (χ3n) is 0. The molecule has 0 heterocycles. The molecule has 0 fully saturated rings. The molecule has 0 aliphatic carbocycles. The molecule has 0 aliphatic heterocycles. The smallest absolute Gasteiger partial charge is 0.672 e. The topological polar surface area (TPSA) is 63.2 Å². The van der Waals surface area contributed by atoms with E-state index in [0.717, 1.165) is 0 Å². The van der Waals surface area contributed by atoms with E-state index in [1.807, 2.05) is 0 Å². The van der Waals surface area contributed by atoms with Crippen molar-refractivity contribution >= 4 is 9.17 Å². The fourth-order valence-corrected chi connectivity index (χ4v) is 0. The molecule has 0 aromatic rings. The van der Waals surface area contributed by atoms with Gasteiger partial charge < -0.3 is 14.1 Å². The van der Waals surface area contributed by atoms with Crippen molar-refractivity contribution in [1.29, 1.82) is 0 Å². The molecule has 6 heteroatoms. The summed E-state index contributed by atoms with van der Waals surface area (Å²) in [4.78, 5) is 17.0. The first kappa shape index (κ1) is 15.7. The van der Waals surface area contributed by atoms with Gasteiger partial charge in [0, 0.05) is 9.17 Å². The molecule has 0 aromatic heterocycles. The predicted octanol–water partition coefficient (Wildman–Crippen LogP) is -8.87. The van der Waals surface area contributed by atoms with Gasteiger partial charge in [-0.15, -0.1) is 0 Å². The summed E-state index contributed by atoms with van der Waals surface area (Å²) in [6.07, 6.45) is 0. The maximum absolute atomic E-state index is 8.52. The normalized spacial score (nSPS) is 4.00. The summed E-state index contributed by atoms with van der Waals surface area (Å²) < 4.78 is 8.52. The van der Waals surface area contributed by atoms with E-state index in [1.165, 1.54) is 0 Å². The van der Waals surface area contributed by atoms with Crippen LogP contribution < -0.4 is 90.5 Å². The van der Waals surface area contributed by atoms with Gasteiger partial charge in [-0.25, -0.2) is 0 Å². The van der Waals surface area contributed by atoms with Crippen LogP contribution in [-0.4, -0.2) is 9.17 Å². The molecule has 0 bridgehead atoms. The first-order chi connectivity index (χ1) is 1.73. The van der Waals surface area contributed by atoms with Crippen molar-refractivity contribution in [2.24, 2.45) is 0 Å². The van der Waals surface area contributed by atoms with Gasteiger partial charge in [0.2, 0.25) is 0 Å². The fraction of sp³-hybridized carbons (Fsp3) is 0. The Hall–Kier alpha value is 2.25. The van der Waals surface area contributed by atoms with E-state index in [2.05, 4.69) is 0 Å². The van der Waals surface area contributed by atoms with Gasteiger partial charge in [-0.3, -0.25) is 0 Å². The Morgan fingerprint density at radius 1 is 1.33 bits per heavy atom. The summed E-state index contributed by atoms with van der Waals surface area (Å²) in [6, 6.07) is 0. The van der Waals surface area contributed by atoms with Crippen molar-refractivity contribution in [3.05, 3.63) is 0 Å². The van der Waals surface area contributed by atoms with Crippen molar-refractivity contribution in [3.63, 3.8) is 0 Å². The Morgan fingerprint density at radius 3 is 1.33 bits per heavy atom. The molecule has 24 valence electrons. The van der Waals surface area contributed by atoms with Crippen molar-refractivity contribution in [3.8, 4) is 0 Å². The third-order valence-corrected chi connectivity index (χ3v) is 0. The van der Waals surface area contributed by atoms with Crippen LogP contribution in [-0.2, 0) is 4.46 Å². The van der Waals surface area contributed by atoms with E-state index in [0.29, 0.717) is 0 Å². The second-order valence-electron chi connectivity index (χ2n) is 0.250. The van der Waals surface area contributed by atoms with Gasteiger partial charge in [-0.05, 0) is 0 Å². The molecule has 0 saturated heterocycles. The maximum atomic E-state index is 8.52. The molecule has 0 atom stereocenters. The maximum Gasteiger partial charge on any atom is 1.00 e. The average molecular weight is 138 g/mol. The zero-order valence-corrected chi connectivity index (χ0v) is 9.85. The van der Waals surface area contributed by atoms with Gasteiger partial charge in [-0.2, -0.15) is 0 Å². The molecule has 0 unspecified atom stereocenters. The van der Waals surface area contributed by atoms with Crippen LogP contribution in [0, 0.1) is 0 Å². The van der Waals surface area contributed by atoms with E-state index >= 15 is 0 Å². The van der Waals surface area contributed by atoms with Gasteiger partial charge in [-0.1, -0.05) is 0 Å². The number of rotatable bonds is 0. The predicted molar refractivity (Wildman–Crippen MR) is 6.44 cm³/mol. The first-order valence-electron chi connectivity index (χ1n) is 0.612. The van der Waals surface area contributed by atoms with Gasteiger partial charge in [0.1, 0.15) is 0 Å². The number of hydrogen-bond donors (Lipinski definition) is 0. The Morgan fingerprint density at radius 2 is 1.33 bits per heavy atom. The van der Waals surface area contributed by atoms with Crippen LogP contribution in [0.2, 0.25) is 0 Å². The molecule has 0 rings (SSSR count). The van der Waals surface area contributed by atoms with E-state index in [4.69, 9.17) is 14.1 Å². The molecule has 0 saturated carbocycles. The minimum absolute atomic E-state index is 0. The zero-order chi connectivity index (χ0) is 3.58. The minimum Gasteiger partial charge on any atom is -0.672 e. The second kappa shape index (κ2) is 10.3. The van der Waals surface area contributed by atoms with Crippen LogP contribution in [0.5, 0.6) is 0 Å². The zero-order valence-electron chi connectivity index (χ0n) is 3.72. The average Bonchev–Trinajstić information content (AvgIpc) is 0.811. The summed E-state index contributed by atoms with van der Waals surface area (Å²) in [7, 11) is -3.63. The minimum atomic E-state index is -3.63.